The van der Waals surface area contributed by atoms with Crippen molar-refractivity contribution in [2.24, 2.45) is 5.84 Å². The fourth-order valence-electron chi connectivity index (χ4n) is 2.20. The van der Waals surface area contributed by atoms with Crippen LogP contribution in [0.3, 0.4) is 0 Å². The highest BCUT2D eigenvalue weighted by Gasteiger charge is 2.23. The molecule has 0 aliphatic heterocycles. The number of hydrazine groups is 1. The number of rotatable bonds is 5. The van der Waals surface area contributed by atoms with E-state index in [2.05, 4.69) is 5.43 Å². The first kappa shape index (κ1) is 15.4. The largest absolute Gasteiger partial charge is 0.491 e. The fraction of sp³-hybridized carbons (Fsp3) is 0.250. The summed E-state index contributed by atoms with van der Waals surface area (Å²) in [6, 6.07) is 9.94. The first-order chi connectivity index (χ1) is 10.0. The molecule has 2 rings (SSSR count). The lowest BCUT2D eigenvalue weighted by molar-refractivity contribution is 0.238. The lowest BCUT2D eigenvalue weighted by atomic mass is 9.97. The van der Waals surface area contributed by atoms with Gasteiger partial charge in [0.15, 0.2) is 0 Å². The Kier molecular flexibility index (Phi) is 4.88. The van der Waals surface area contributed by atoms with E-state index in [1.165, 1.54) is 18.2 Å². The summed E-state index contributed by atoms with van der Waals surface area (Å²) in [7, 11) is 0. The van der Waals surface area contributed by atoms with E-state index in [1.54, 1.807) is 24.3 Å². The zero-order valence-electron chi connectivity index (χ0n) is 11.9. The second kappa shape index (κ2) is 6.65. The third-order valence-corrected chi connectivity index (χ3v) is 3.05. The van der Waals surface area contributed by atoms with E-state index in [-0.39, 0.29) is 11.7 Å². The van der Waals surface area contributed by atoms with Crippen molar-refractivity contribution in [3.8, 4) is 5.75 Å². The number of hydrogen-bond acceptors (Lipinski definition) is 3. The maximum atomic E-state index is 14.0. The maximum Gasteiger partial charge on any atom is 0.131 e. The first-order valence-corrected chi connectivity index (χ1v) is 6.70. The number of hydrogen-bond donors (Lipinski definition) is 2. The summed E-state index contributed by atoms with van der Waals surface area (Å²) >= 11 is 0. The van der Waals surface area contributed by atoms with Crippen LogP contribution in [0.15, 0.2) is 42.5 Å². The smallest absolute Gasteiger partial charge is 0.131 e. The molecule has 0 bridgehead atoms. The molecule has 0 radical (unpaired) electrons. The third kappa shape index (κ3) is 3.37. The van der Waals surface area contributed by atoms with E-state index in [9.17, 15) is 8.78 Å². The van der Waals surface area contributed by atoms with Gasteiger partial charge in [0.1, 0.15) is 17.4 Å². The van der Waals surface area contributed by atoms with E-state index in [0.29, 0.717) is 11.3 Å². The van der Waals surface area contributed by atoms with Crippen molar-refractivity contribution in [2.75, 3.05) is 0 Å². The molecule has 1 unspecified atom stereocenters. The molecule has 0 aliphatic rings. The summed E-state index contributed by atoms with van der Waals surface area (Å²) in [5, 5.41) is 0. The molecule has 2 aromatic carbocycles. The summed E-state index contributed by atoms with van der Waals surface area (Å²) in [5.41, 5.74) is 2.93. The van der Waals surface area contributed by atoms with Crippen LogP contribution < -0.4 is 16.0 Å². The molecule has 21 heavy (non-hydrogen) atoms. The Morgan fingerprint density at radius 2 is 1.62 bits per heavy atom. The number of nitrogens with one attached hydrogen (secondary N) is 1. The predicted octanol–water partition coefficient (Wildman–Crippen LogP) is 3.30. The van der Waals surface area contributed by atoms with Gasteiger partial charge in [0.05, 0.1) is 12.1 Å². The normalized spacial score (nSPS) is 12.5. The van der Waals surface area contributed by atoms with E-state index in [0.717, 1.165) is 0 Å². The van der Waals surface area contributed by atoms with Crippen LogP contribution in [0, 0.1) is 11.6 Å². The number of ether oxygens (including phenoxy) is 1. The highest BCUT2D eigenvalue weighted by Crippen LogP contribution is 2.32. The molecule has 2 aromatic rings. The number of nitrogens with two attached hydrogens (primary N) is 1. The minimum absolute atomic E-state index is 0.0601. The lowest BCUT2D eigenvalue weighted by Gasteiger charge is -2.22. The third-order valence-electron chi connectivity index (χ3n) is 3.05. The Bertz CT molecular complexity index is 597. The second-order valence-corrected chi connectivity index (χ2v) is 4.94. The van der Waals surface area contributed by atoms with Crippen molar-refractivity contribution < 1.29 is 13.5 Å². The molecule has 0 fully saturated rings. The second-order valence-electron chi connectivity index (χ2n) is 4.94. The van der Waals surface area contributed by atoms with Gasteiger partial charge in [0.25, 0.3) is 0 Å². The van der Waals surface area contributed by atoms with Crippen molar-refractivity contribution in [3.63, 3.8) is 0 Å². The molecule has 5 heteroatoms. The standard InChI is InChI=1S/C16H18F2N2O/c1-10(2)21-14-9-4-3-6-11(14)16(20-19)15-12(17)7-5-8-13(15)18/h3-10,16,20H,19H2,1-2H3. The Morgan fingerprint density at radius 1 is 1.00 bits per heavy atom. The Morgan fingerprint density at radius 3 is 2.19 bits per heavy atom. The van der Waals surface area contributed by atoms with Crippen molar-refractivity contribution in [1.82, 2.24) is 5.43 Å². The van der Waals surface area contributed by atoms with Gasteiger partial charge in [0.2, 0.25) is 0 Å². The molecular formula is C16H18F2N2O. The number of para-hydroxylation sites is 1. The van der Waals surface area contributed by atoms with Gasteiger partial charge in [-0.2, -0.15) is 0 Å². The van der Waals surface area contributed by atoms with Gasteiger partial charge in [-0.1, -0.05) is 24.3 Å². The minimum Gasteiger partial charge on any atom is -0.491 e. The van der Waals surface area contributed by atoms with Crippen molar-refractivity contribution in [1.29, 1.82) is 0 Å². The Hall–Kier alpha value is -1.98. The molecular weight excluding hydrogens is 274 g/mol. The Labute approximate surface area is 122 Å². The number of benzene rings is 2. The van der Waals surface area contributed by atoms with Gasteiger partial charge >= 0.3 is 0 Å². The van der Waals surface area contributed by atoms with Crippen LogP contribution in [-0.2, 0) is 0 Å². The molecule has 0 spiro atoms. The van der Waals surface area contributed by atoms with Crippen molar-refractivity contribution in [3.05, 3.63) is 65.2 Å². The van der Waals surface area contributed by atoms with Crippen LogP contribution in [0.4, 0.5) is 8.78 Å². The summed E-state index contributed by atoms with van der Waals surface area (Å²) in [5.74, 6) is 4.76. The van der Waals surface area contributed by atoms with Gasteiger partial charge in [-0.25, -0.2) is 14.2 Å². The first-order valence-electron chi connectivity index (χ1n) is 6.70. The summed E-state index contributed by atoms with van der Waals surface area (Å²) in [4.78, 5) is 0. The fourth-order valence-corrected chi connectivity index (χ4v) is 2.20. The molecule has 0 aromatic heterocycles. The summed E-state index contributed by atoms with van der Waals surface area (Å²) in [6.45, 7) is 3.76. The van der Waals surface area contributed by atoms with E-state index in [1.807, 2.05) is 13.8 Å². The van der Waals surface area contributed by atoms with Crippen molar-refractivity contribution in [2.45, 2.75) is 26.0 Å². The minimum atomic E-state index is -0.832. The number of halogens is 2. The molecule has 3 N–H and O–H groups in total. The zero-order valence-corrected chi connectivity index (χ0v) is 11.9. The molecule has 0 heterocycles. The van der Waals surface area contributed by atoms with Gasteiger partial charge in [-0.3, -0.25) is 5.84 Å². The zero-order chi connectivity index (χ0) is 15.4. The summed E-state index contributed by atoms with van der Waals surface area (Å²) in [6.07, 6.45) is -0.0601. The monoisotopic (exact) mass is 292 g/mol. The quantitative estimate of drug-likeness (QED) is 0.656. The molecule has 0 aliphatic carbocycles. The van der Waals surface area contributed by atoms with E-state index in [4.69, 9.17) is 10.6 Å². The Balaban J connectivity index is 2.52. The van der Waals surface area contributed by atoms with Crippen LogP contribution in [0.25, 0.3) is 0 Å². The SMILES string of the molecule is CC(C)Oc1ccccc1C(NN)c1c(F)cccc1F. The molecule has 0 amide bonds. The molecule has 1 atom stereocenters. The maximum absolute atomic E-state index is 14.0. The lowest BCUT2D eigenvalue weighted by Crippen LogP contribution is -2.31. The van der Waals surface area contributed by atoms with E-state index < -0.39 is 17.7 Å². The molecule has 112 valence electrons. The predicted molar refractivity (Wildman–Crippen MR) is 77.7 cm³/mol. The van der Waals surface area contributed by atoms with Gasteiger partial charge in [0, 0.05) is 11.1 Å². The van der Waals surface area contributed by atoms with Gasteiger partial charge in [-0.05, 0) is 32.0 Å². The average Bonchev–Trinajstić information content (AvgIpc) is 2.43. The van der Waals surface area contributed by atoms with E-state index >= 15 is 0 Å². The molecule has 0 saturated carbocycles. The van der Waals surface area contributed by atoms with Gasteiger partial charge < -0.3 is 4.74 Å². The average molecular weight is 292 g/mol. The molecule has 3 nitrogen and oxygen atoms in total. The van der Waals surface area contributed by atoms with Crippen LogP contribution in [-0.4, -0.2) is 6.10 Å². The highest BCUT2D eigenvalue weighted by atomic mass is 19.1. The van der Waals surface area contributed by atoms with Crippen LogP contribution in [0.1, 0.15) is 31.0 Å². The van der Waals surface area contributed by atoms with Gasteiger partial charge in [-0.15, -0.1) is 0 Å². The highest BCUT2D eigenvalue weighted by molar-refractivity contribution is 5.42. The molecule has 0 saturated heterocycles. The topological polar surface area (TPSA) is 47.3 Å². The van der Waals surface area contributed by atoms with Crippen molar-refractivity contribution >= 4 is 0 Å². The summed E-state index contributed by atoms with van der Waals surface area (Å²) < 4.78 is 33.7. The van der Waals surface area contributed by atoms with Crippen LogP contribution in [0.5, 0.6) is 5.75 Å². The van der Waals surface area contributed by atoms with Crippen LogP contribution >= 0.6 is 0 Å². The van der Waals surface area contributed by atoms with Crippen LogP contribution in [0.2, 0.25) is 0 Å².